The van der Waals surface area contributed by atoms with Gasteiger partial charge in [0.15, 0.2) is 0 Å². The number of benzene rings is 1. The predicted octanol–water partition coefficient (Wildman–Crippen LogP) is 3.46. The molecule has 0 saturated carbocycles. The molecule has 1 aromatic carbocycles. The molecule has 4 rings (SSSR count). The highest BCUT2D eigenvalue weighted by atomic mass is 16.2. The van der Waals surface area contributed by atoms with Crippen molar-refractivity contribution in [3.63, 3.8) is 0 Å². The molecule has 1 saturated heterocycles. The van der Waals surface area contributed by atoms with Gasteiger partial charge in [-0.15, -0.1) is 0 Å². The number of likely N-dealkylation sites (tertiary alicyclic amines) is 1. The molecule has 0 bridgehead atoms. The van der Waals surface area contributed by atoms with E-state index in [0.717, 1.165) is 43.9 Å². The molecule has 1 aliphatic rings. The van der Waals surface area contributed by atoms with Crippen LogP contribution in [-0.4, -0.2) is 42.7 Å². The Kier molecular flexibility index (Phi) is 5.05. The number of rotatable bonds is 5. The lowest BCUT2D eigenvalue weighted by Gasteiger charge is -2.36. The van der Waals surface area contributed by atoms with Crippen LogP contribution in [0.25, 0.3) is 5.69 Å². The fourth-order valence-electron chi connectivity index (χ4n) is 3.92. The number of carbonyl (C=O) groups is 1. The zero-order valence-corrected chi connectivity index (χ0v) is 15.7. The molecule has 6 heteroatoms. The van der Waals surface area contributed by atoms with Crippen molar-refractivity contribution in [2.75, 3.05) is 6.54 Å². The minimum atomic E-state index is 0.105. The molecule has 3 heterocycles. The molecule has 140 valence electrons. The summed E-state index contributed by atoms with van der Waals surface area (Å²) < 4.78 is 3.93. The van der Waals surface area contributed by atoms with Gasteiger partial charge in [0.25, 0.3) is 5.91 Å². The molecule has 1 amide bonds. The second-order valence-corrected chi connectivity index (χ2v) is 7.07. The summed E-state index contributed by atoms with van der Waals surface area (Å²) in [7, 11) is 0. The Balaban J connectivity index is 1.55. The highest BCUT2D eigenvalue weighted by Crippen LogP contribution is 2.25. The third kappa shape index (κ3) is 3.65. The fraction of sp³-hybridized carbons (Fsp3) is 0.381. The van der Waals surface area contributed by atoms with E-state index in [1.165, 1.54) is 6.42 Å². The van der Waals surface area contributed by atoms with Gasteiger partial charge in [0.05, 0.1) is 11.3 Å². The second-order valence-electron chi connectivity index (χ2n) is 7.07. The third-order valence-electron chi connectivity index (χ3n) is 5.40. The summed E-state index contributed by atoms with van der Waals surface area (Å²) in [5.41, 5.74) is 1.55. The van der Waals surface area contributed by atoms with Crippen LogP contribution >= 0.6 is 0 Å². The van der Waals surface area contributed by atoms with Gasteiger partial charge in [-0.2, -0.15) is 5.10 Å². The number of para-hydroxylation sites is 1. The van der Waals surface area contributed by atoms with Crippen molar-refractivity contribution in [2.24, 2.45) is 0 Å². The van der Waals surface area contributed by atoms with Crippen molar-refractivity contribution in [3.05, 3.63) is 66.5 Å². The van der Waals surface area contributed by atoms with E-state index in [2.05, 4.69) is 19.5 Å². The zero-order chi connectivity index (χ0) is 18.6. The van der Waals surface area contributed by atoms with E-state index in [9.17, 15) is 4.79 Å². The van der Waals surface area contributed by atoms with Gasteiger partial charge in [-0.3, -0.25) is 4.79 Å². The number of amides is 1. The summed E-state index contributed by atoms with van der Waals surface area (Å²) in [6, 6.07) is 9.87. The van der Waals surface area contributed by atoms with E-state index in [1.807, 2.05) is 55.8 Å². The van der Waals surface area contributed by atoms with Gasteiger partial charge in [0.1, 0.15) is 5.82 Å². The Morgan fingerprint density at radius 3 is 2.81 bits per heavy atom. The van der Waals surface area contributed by atoms with Crippen molar-refractivity contribution < 1.29 is 4.79 Å². The average molecular weight is 363 g/mol. The molecule has 0 radical (unpaired) electrons. The minimum Gasteiger partial charge on any atom is -0.336 e. The van der Waals surface area contributed by atoms with Crippen LogP contribution in [0.1, 0.15) is 41.9 Å². The normalized spacial score (nSPS) is 17.2. The molecule has 0 spiro atoms. The van der Waals surface area contributed by atoms with Gasteiger partial charge >= 0.3 is 0 Å². The number of carbonyl (C=O) groups excluding carboxylic acids is 1. The van der Waals surface area contributed by atoms with E-state index in [1.54, 1.807) is 10.9 Å². The number of nitrogens with zero attached hydrogens (tertiary/aromatic N) is 5. The van der Waals surface area contributed by atoms with Crippen molar-refractivity contribution in [2.45, 2.75) is 45.2 Å². The van der Waals surface area contributed by atoms with E-state index in [-0.39, 0.29) is 11.9 Å². The van der Waals surface area contributed by atoms with Crippen molar-refractivity contribution >= 4 is 5.91 Å². The molecule has 0 aliphatic carbocycles. The molecule has 0 unspecified atom stereocenters. The maximum absolute atomic E-state index is 13.4. The van der Waals surface area contributed by atoms with Crippen LogP contribution in [-0.2, 0) is 6.54 Å². The molecule has 6 nitrogen and oxygen atoms in total. The highest BCUT2D eigenvalue weighted by molar-refractivity contribution is 5.98. The maximum Gasteiger partial charge on any atom is 0.256 e. The summed E-state index contributed by atoms with van der Waals surface area (Å²) in [5, 5.41) is 4.31. The van der Waals surface area contributed by atoms with Crippen LogP contribution in [0.5, 0.6) is 0 Å². The lowest BCUT2D eigenvalue weighted by Crippen LogP contribution is -2.44. The molecule has 1 aliphatic heterocycles. The standard InChI is InChI=1S/C21H25N5O/c1-17-22-12-16-24(17)15-10-18-7-4-5-13-25(18)21(27)19-8-2-3-9-20(19)26-14-6-11-23-26/h2-3,6,8-9,11-12,14,16,18H,4-5,7,10,13,15H2,1H3/t18-/m0/s1. The highest BCUT2D eigenvalue weighted by Gasteiger charge is 2.28. The molecule has 1 atom stereocenters. The van der Waals surface area contributed by atoms with Crippen LogP contribution in [0, 0.1) is 6.92 Å². The summed E-state index contributed by atoms with van der Waals surface area (Å²) in [6.07, 6.45) is 11.7. The Morgan fingerprint density at radius 1 is 1.15 bits per heavy atom. The molecule has 3 aromatic rings. The lowest BCUT2D eigenvalue weighted by atomic mass is 9.97. The maximum atomic E-state index is 13.4. The summed E-state index contributed by atoms with van der Waals surface area (Å²) >= 11 is 0. The number of hydrogen-bond acceptors (Lipinski definition) is 3. The fourth-order valence-corrected chi connectivity index (χ4v) is 3.92. The number of imidazole rings is 1. The van der Waals surface area contributed by atoms with E-state index < -0.39 is 0 Å². The SMILES string of the molecule is Cc1nccn1CC[C@@H]1CCCCN1C(=O)c1ccccc1-n1cccn1. The first kappa shape index (κ1) is 17.5. The van der Waals surface area contributed by atoms with Crippen LogP contribution in [0.3, 0.4) is 0 Å². The monoisotopic (exact) mass is 363 g/mol. The topological polar surface area (TPSA) is 56.0 Å². The molecule has 2 aromatic heterocycles. The van der Waals surface area contributed by atoms with Gasteiger partial charge in [-0.25, -0.2) is 9.67 Å². The summed E-state index contributed by atoms with van der Waals surface area (Å²) in [6.45, 7) is 3.73. The molecular formula is C21H25N5O. The van der Waals surface area contributed by atoms with Crippen molar-refractivity contribution in [1.82, 2.24) is 24.2 Å². The lowest BCUT2D eigenvalue weighted by molar-refractivity contribution is 0.0595. The zero-order valence-electron chi connectivity index (χ0n) is 15.7. The Labute approximate surface area is 159 Å². The van der Waals surface area contributed by atoms with E-state index >= 15 is 0 Å². The Bertz CT molecular complexity index is 899. The summed E-state index contributed by atoms with van der Waals surface area (Å²) in [4.78, 5) is 19.8. The van der Waals surface area contributed by atoms with Crippen LogP contribution in [0.2, 0.25) is 0 Å². The first-order valence-corrected chi connectivity index (χ1v) is 9.62. The van der Waals surface area contributed by atoms with Crippen molar-refractivity contribution in [1.29, 1.82) is 0 Å². The second kappa shape index (κ2) is 7.78. The first-order chi connectivity index (χ1) is 13.2. The number of aromatic nitrogens is 4. The van der Waals surface area contributed by atoms with Crippen LogP contribution < -0.4 is 0 Å². The number of hydrogen-bond donors (Lipinski definition) is 0. The molecule has 0 N–H and O–H groups in total. The van der Waals surface area contributed by atoms with E-state index in [4.69, 9.17) is 0 Å². The molecule has 1 fully saturated rings. The van der Waals surface area contributed by atoms with Gasteiger partial charge in [-0.05, 0) is 50.8 Å². The van der Waals surface area contributed by atoms with E-state index in [0.29, 0.717) is 5.56 Å². The Morgan fingerprint density at radius 2 is 2.04 bits per heavy atom. The molecule has 27 heavy (non-hydrogen) atoms. The molecular weight excluding hydrogens is 338 g/mol. The largest absolute Gasteiger partial charge is 0.336 e. The third-order valence-corrected chi connectivity index (χ3v) is 5.40. The minimum absolute atomic E-state index is 0.105. The van der Waals surface area contributed by atoms with Gasteiger partial charge in [-0.1, -0.05) is 12.1 Å². The van der Waals surface area contributed by atoms with Gasteiger partial charge in [0.2, 0.25) is 0 Å². The van der Waals surface area contributed by atoms with Crippen LogP contribution in [0.4, 0.5) is 0 Å². The quantitative estimate of drug-likeness (QED) is 0.697. The predicted molar refractivity (Wildman–Crippen MR) is 104 cm³/mol. The van der Waals surface area contributed by atoms with Crippen LogP contribution in [0.15, 0.2) is 55.1 Å². The number of piperidine rings is 1. The Hall–Kier alpha value is -2.89. The number of aryl methyl sites for hydroxylation is 2. The van der Waals surface area contributed by atoms with Gasteiger partial charge in [0, 0.05) is 43.9 Å². The first-order valence-electron chi connectivity index (χ1n) is 9.62. The van der Waals surface area contributed by atoms with Crippen molar-refractivity contribution in [3.8, 4) is 5.69 Å². The average Bonchev–Trinajstić information content (AvgIpc) is 3.38. The smallest absolute Gasteiger partial charge is 0.256 e. The summed E-state index contributed by atoms with van der Waals surface area (Å²) in [5.74, 6) is 1.13. The van der Waals surface area contributed by atoms with Gasteiger partial charge < -0.3 is 9.47 Å².